The molecule has 0 spiro atoms. The first kappa shape index (κ1) is 23.1. The first-order valence-electron chi connectivity index (χ1n) is 10.3. The zero-order valence-electron chi connectivity index (χ0n) is 17.6. The molecule has 0 saturated carbocycles. The van der Waals surface area contributed by atoms with Crippen LogP contribution in [0, 0.1) is 0 Å². The maximum absolute atomic E-state index is 13.2. The number of rotatable bonds is 9. The number of imide groups is 1. The highest BCUT2D eigenvalue weighted by Gasteiger charge is 2.39. The Hall–Kier alpha value is -2.57. The Morgan fingerprint density at radius 1 is 0.968 bits per heavy atom. The third kappa shape index (κ3) is 5.77. The lowest BCUT2D eigenvalue weighted by Gasteiger charge is -2.15. The molecule has 1 aliphatic heterocycles. The molecule has 3 rings (SSSR count). The number of amides is 3. The van der Waals surface area contributed by atoms with E-state index in [1.807, 2.05) is 12.1 Å². The molecular weight excluding hydrogens is 432 g/mol. The SMILES string of the molecule is CCCCCCN1C(=O)C(Sc2ccc(Cl)cc2)=C(c2ccc(NC(C)=O)cc2)C1=O. The van der Waals surface area contributed by atoms with Crippen LogP contribution in [0.5, 0.6) is 0 Å². The Morgan fingerprint density at radius 3 is 2.26 bits per heavy atom. The van der Waals surface area contributed by atoms with E-state index in [0.29, 0.717) is 33.3 Å². The highest BCUT2D eigenvalue weighted by molar-refractivity contribution is 8.04. The van der Waals surface area contributed by atoms with Crippen molar-refractivity contribution in [1.29, 1.82) is 0 Å². The molecule has 31 heavy (non-hydrogen) atoms. The fourth-order valence-electron chi connectivity index (χ4n) is 3.35. The fourth-order valence-corrected chi connectivity index (χ4v) is 4.49. The lowest BCUT2D eigenvalue weighted by Crippen LogP contribution is -2.32. The second kappa shape index (κ2) is 10.6. The van der Waals surface area contributed by atoms with Crippen molar-refractivity contribution in [1.82, 2.24) is 4.90 Å². The molecule has 5 nitrogen and oxygen atoms in total. The molecule has 162 valence electrons. The molecule has 0 bridgehead atoms. The van der Waals surface area contributed by atoms with Crippen LogP contribution in [0.2, 0.25) is 5.02 Å². The number of benzene rings is 2. The predicted octanol–water partition coefficient (Wildman–Crippen LogP) is 5.75. The minimum Gasteiger partial charge on any atom is -0.326 e. The van der Waals surface area contributed by atoms with Gasteiger partial charge in [0.15, 0.2) is 0 Å². The average molecular weight is 457 g/mol. The van der Waals surface area contributed by atoms with Crippen LogP contribution in [0.3, 0.4) is 0 Å². The molecule has 0 radical (unpaired) electrons. The van der Waals surface area contributed by atoms with Crippen molar-refractivity contribution < 1.29 is 14.4 Å². The number of hydrogen-bond donors (Lipinski definition) is 1. The maximum Gasteiger partial charge on any atom is 0.268 e. The van der Waals surface area contributed by atoms with Crippen LogP contribution in [0.1, 0.15) is 45.1 Å². The summed E-state index contributed by atoms with van der Waals surface area (Å²) in [5.74, 6) is -0.705. The van der Waals surface area contributed by atoms with Crippen molar-refractivity contribution in [3.8, 4) is 0 Å². The molecular formula is C24H25ClN2O3S. The third-order valence-electron chi connectivity index (χ3n) is 4.89. The zero-order valence-corrected chi connectivity index (χ0v) is 19.2. The van der Waals surface area contributed by atoms with Crippen molar-refractivity contribution in [2.75, 3.05) is 11.9 Å². The first-order valence-corrected chi connectivity index (χ1v) is 11.5. The fraction of sp³-hybridized carbons (Fsp3) is 0.292. The van der Waals surface area contributed by atoms with E-state index in [4.69, 9.17) is 11.6 Å². The Labute approximate surface area is 191 Å². The van der Waals surface area contributed by atoms with E-state index in [0.717, 1.165) is 30.6 Å². The summed E-state index contributed by atoms with van der Waals surface area (Å²) in [6.45, 7) is 3.97. The van der Waals surface area contributed by atoms with Gasteiger partial charge in [0.2, 0.25) is 5.91 Å². The third-order valence-corrected chi connectivity index (χ3v) is 6.23. The minimum atomic E-state index is -0.273. The van der Waals surface area contributed by atoms with Crippen LogP contribution >= 0.6 is 23.4 Å². The van der Waals surface area contributed by atoms with Gasteiger partial charge in [-0.2, -0.15) is 0 Å². The number of anilines is 1. The van der Waals surface area contributed by atoms with Gasteiger partial charge in [-0.15, -0.1) is 0 Å². The summed E-state index contributed by atoms with van der Waals surface area (Å²) < 4.78 is 0. The van der Waals surface area contributed by atoms with Gasteiger partial charge in [-0.1, -0.05) is 61.7 Å². The second-order valence-corrected chi connectivity index (χ2v) is 8.86. The summed E-state index contributed by atoms with van der Waals surface area (Å²) in [5, 5.41) is 3.32. The topological polar surface area (TPSA) is 66.5 Å². The summed E-state index contributed by atoms with van der Waals surface area (Å²) in [5.41, 5.74) is 1.69. The van der Waals surface area contributed by atoms with Crippen LogP contribution in [0.15, 0.2) is 58.3 Å². The standard InChI is InChI=1S/C24H25ClN2O3S/c1-3-4-5-6-15-27-23(29)21(17-7-11-19(12-8-17)26-16(2)28)22(24(27)30)31-20-13-9-18(25)10-14-20/h7-14H,3-6,15H2,1-2H3,(H,26,28). The number of unbranched alkanes of at least 4 members (excludes halogenated alkanes) is 3. The van der Waals surface area contributed by atoms with E-state index in [1.54, 1.807) is 36.4 Å². The normalized spacial score (nSPS) is 13.8. The number of nitrogens with zero attached hydrogens (tertiary/aromatic N) is 1. The number of nitrogens with one attached hydrogen (secondary N) is 1. The van der Waals surface area contributed by atoms with Crippen LogP contribution in [-0.2, 0) is 14.4 Å². The molecule has 2 aromatic carbocycles. The Kier molecular flexibility index (Phi) is 7.93. The molecule has 3 amide bonds. The lowest BCUT2D eigenvalue weighted by molar-refractivity contribution is -0.136. The van der Waals surface area contributed by atoms with Crippen molar-refractivity contribution in [2.45, 2.75) is 44.4 Å². The van der Waals surface area contributed by atoms with Gasteiger partial charge in [-0.3, -0.25) is 19.3 Å². The summed E-state index contributed by atoms with van der Waals surface area (Å²) in [7, 11) is 0. The van der Waals surface area contributed by atoms with Crippen LogP contribution < -0.4 is 5.32 Å². The zero-order chi connectivity index (χ0) is 22.4. The van der Waals surface area contributed by atoms with Gasteiger partial charge in [0.25, 0.3) is 11.8 Å². The molecule has 1 aliphatic rings. The quantitative estimate of drug-likeness (QED) is 0.385. The number of hydrogen-bond acceptors (Lipinski definition) is 4. The summed E-state index contributed by atoms with van der Waals surface area (Å²) in [6, 6.07) is 14.2. The van der Waals surface area contributed by atoms with Crippen LogP contribution in [-0.4, -0.2) is 29.2 Å². The van der Waals surface area contributed by atoms with Crippen LogP contribution in [0.25, 0.3) is 5.57 Å². The van der Waals surface area contributed by atoms with E-state index >= 15 is 0 Å². The van der Waals surface area contributed by atoms with Gasteiger partial charge >= 0.3 is 0 Å². The van der Waals surface area contributed by atoms with Gasteiger partial charge < -0.3 is 5.32 Å². The van der Waals surface area contributed by atoms with Crippen molar-refractivity contribution in [3.63, 3.8) is 0 Å². The second-order valence-electron chi connectivity index (χ2n) is 7.34. The molecule has 1 heterocycles. The van der Waals surface area contributed by atoms with Gasteiger partial charge in [0, 0.05) is 29.1 Å². The van der Waals surface area contributed by atoms with Gasteiger partial charge in [-0.25, -0.2) is 0 Å². The van der Waals surface area contributed by atoms with E-state index in [-0.39, 0.29) is 17.7 Å². The molecule has 0 fully saturated rings. The highest BCUT2D eigenvalue weighted by atomic mass is 35.5. The molecule has 0 unspecified atom stereocenters. The minimum absolute atomic E-state index is 0.170. The number of carbonyl (C=O) groups is 3. The molecule has 7 heteroatoms. The van der Waals surface area contributed by atoms with E-state index in [1.165, 1.54) is 23.6 Å². The van der Waals surface area contributed by atoms with Gasteiger partial charge in [0.1, 0.15) is 0 Å². The number of carbonyl (C=O) groups excluding carboxylic acids is 3. The van der Waals surface area contributed by atoms with Crippen molar-refractivity contribution in [2.24, 2.45) is 0 Å². The van der Waals surface area contributed by atoms with E-state index < -0.39 is 0 Å². The van der Waals surface area contributed by atoms with Crippen molar-refractivity contribution >= 4 is 52.3 Å². The summed E-state index contributed by atoms with van der Waals surface area (Å²) in [4.78, 5) is 40.3. The molecule has 0 aliphatic carbocycles. The lowest BCUT2D eigenvalue weighted by atomic mass is 10.1. The number of halogens is 1. The Morgan fingerprint density at radius 2 is 1.65 bits per heavy atom. The Bertz CT molecular complexity index is 1000. The van der Waals surface area contributed by atoms with E-state index in [9.17, 15) is 14.4 Å². The first-order chi connectivity index (χ1) is 14.9. The van der Waals surface area contributed by atoms with Gasteiger partial charge in [0.05, 0.1) is 10.5 Å². The molecule has 0 atom stereocenters. The van der Waals surface area contributed by atoms with Gasteiger partial charge in [-0.05, 0) is 48.4 Å². The predicted molar refractivity (Wildman–Crippen MR) is 126 cm³/mol. The molecule has 1 N–H and O–H groups in total. The smallest absolute Gasteiger partial charge is 0.268 e. The monoisotopic (exact) mass is 456 g/mol. The van der Waals surface area contributed by atoms with E-state index in [2.05, 4.69) is 12.2 Å². The van der Waals surface area contributed by atoms with Crippen molar-refractivity contribution in [3.05, 3.63) is 64.0 Å². The average Bonchev–Trinajstić information content (AvgIpc) is 2.97. The Balaban J connectivity index is 1.92. The largest absolute Gasteiger partial charge is 0.326 e. The summed E-state index contributed by atoms with van der Waals surface area (Å²) in [6.07, 6.45) is 3.93. The number of thioether (sulfide) groups is 1. The molecule has 2 aromatic rings. The molecule has 0 aromatic heterocycles. The molecule has 0 saturated heterocycles. The summed E-state index contributed by atoms with van der Waals surface area (Å²) >= 11 is 7.26. The maximum atomic E-state index is 13.2. The highest BCUT2D eigenvalue weighted by Crippen LogP contribution is 2.40. The van der Waals surface area contributed by atoms with Crippen LogP contribution in [0.4, 0.5) is 5.69 Å².